The first-order valence-corrected chi connectivity index (χ1v) is 8.81. The molecule has 0 saturated carbocycles. The van der Waals surface area contributed by atoms with E-state index in [4.69, 9.17) is 4.74 Å². The summed E-state index contributed by atoms with van der Waals surface area (Å²) in [6.07, 6.45) is 3.24. The van der Waals surface area contributed by atoms with Crippen LogP contribution in [0, 0.1) is 5.41 Å². The molecular formula is C20H28N2O3. The third-order valence-corrected chi connectivity index (χ3v) is 5.08. The third kappa shape index (κ3) is 4.21. The highest BCUT2D eigenvalue weighted by atomic mass is 16.5. The van der Waals surface area contributed by atoms with Gasteiger partial charge in [0, 0.05) is 31.7 Å². The van der Waals surface area contributed by atoms with Crippen LogP contribution in [0.2, 0.25) is 0 Å². The van der Waals surface area contributed by atoms with Crippen LogP contribution < -0.4 is 4.74 Å². The molecule has 1 saturated heterocycles. The fraction of sp³-hybridized carbons (Fsp3) is 0.500. The van der Waals surface area contributed by atoms with E-state index in [-0.39, 0.29) is 11.8 Å². The first-order chi connectivity index (χ1) is 11.9. The summed E-state index contributed by atoms with van der Waals surface area (Å²) >= 11 is 0. The standard InChI is InChI=1S/C20H28N2O3/c1-5-20(3,6-2)19(24)22-13-7-12-21(14-15-22)18(23)16-8-10-17(25-4)11-9-16/h5,8-11H,1,6-7,12-15H2,2-4H3. The van der Waals surface area contributed by atoms with E-state index in [1.807, 2.05) is 23.6 Å². The van der Waals surface area contributed by atoms with E-state index in [9.17, 15) is 9.59 Å². The lowest BCUT2D eigenvalue weighted by Gasteiger charge is -2.31. The maximum absolute atomic E-state index is 12.8. The minimum atomic E-state index is -0.533. The molecule has 0 bridgehead atoms. The van der Waals surface area contributed by atoms with Crippen LogP contribution in [0.5, 0.6) is 5.75 Å². The molecule has 1 fully saturated rings. The molecule has 1 atom stereocenters. The van der Waals surface area contributed by atoms with Gasteiger partial charge in [-0.15, -0.1) is 6.58 Å². The summed E-state index contributed by atoms with van der Waals surface area (Å²) in [5, 5.41) is 0. The van der Waals surface area contributed by atoms with Crippen molar-refractivity contribution in [2.75, 3.05) is 33.3 Å². The van der Waals surface area contributed by atoms with Crippen molar-refractivity contribution in [2.45, 2.75) is 26.7 Å². The van der Waals surface area contributed by atoms with Gasteiger partial charge in [0.1, 0.15) is 5.75 Å². The molecule has 5 heteroatoms. The van der Waals surface area contributed by atoms with Gasteiger partial charge in [-0.3, -0.25) is 9.59 Å². The summed E-state index contributed by atoms with van der Waals surface area (Å²) < 4.78 is 5.13. The first kappa shape index (κ1) is 19.0. The summed E-state index contributed by atoms with van der Waals surface area (Å²) in [7, 11) is 1.60. The highest BCUT2D eigenvalue weighted by molar-refractivity contribution is 5.94. The molecular weight excluding hydrogens is 316 g/mol. The van der Waals surface area contributed by atoms with Crippen molar-refractivity contribution in [1.29, 1.82) is 0 Å². The van der Waals surface area contributed by atoms with Gasteiger partial charge in [-0.05, 0) is 44.0 Å². The Kier molecular flexibility index (Phi) is 6.23. The van der Waals surface area contributed by atoms with Crippen LogP contribution in [0.15, 0.2) is 36.9 Å². The largest absolute Gasteiger partial charge is 0.497 e. The topological polar surface area (TPSA) is 49.9 Å². The summed E-state index contributed by atoms with van der Waals surface area (Å²) in [6, 6.07) is 7.14. The summed E-state index contributed by atoms with van der Waals surface area (Å²) in [5.41, 5.74) is 0.111. The molecule has 0 N–H and O–H groups in total. The van der Waals surface area contributed by atoms with Gasteiger partial charge in [0.05, 0.1) is 12.5 Å². The highest BCUT2D eigenvalue weighted by Gasteiger charge is 2.33. The smallest absolute Gasteiger partial charge is 0.253 e. The van der Waals surface area contributed by atoms with Crippen molar-refractivity contribution >= 4 is 11.8 Å². The van der Waals surface area contributed by atoms with Crippen LogP contribution in [0.25, 0.3) is 0 Å². The lowest BCUT2D eigenvalue weighted by Crippen LogP contribution is -2.43. The molecule has 0 aliphatic carbocycles. The third-order valence-electron chi connectivity index (χ3n) is 5.08. The predicted octanol–water partition coefficient (Wildman–Crippen LogP) is 2.97. The highest BCUT2D eigenvalue weighted by Crippen LogP contribution is 2.26. The lowest BCUT2D eigenvalue weighted by molar-refractivity contribution is -0.138. The van der Waals surface area contributed by atoms with E-state index >= 15 is 0 Å². The molecule has 136 valence electrons. The monoisotopic (exact) mass is 344 g/mol. The Morgan fingerprint density at radius 3 is 2.32 bits per heavy atom. The second-order valence-electron chi connectivity index (χ2n) is 6.64. The minimum Gasteiger partial charge on any atom is -0.497 e. The van der Waals surface area contributed by atoms with Crippen molar-refractivity contribution in [3.05, 3.63) is 42.5 Å². The van der Waals surface area contributed by atoms with E-state index < -0.39 is 5.41 Å². The van der Waals surface area contributed by atoms with Crippen LogP contribution >= 0.6 is 0 Å². The Hall–Kier alpha value is -2.30. The Morgan fingerprint density at radius 1 is 1.16 bits per heavy atom. The minimum absolute atomic E-state index is 0.000994. The van der Waals surface area contributed by atoms with Crippen LogP contribution in [0.4, 0.5) is 0 Å². The van der Waals surface area contributed by atoms with Gasteiger partial charge in [0.15, 0.2) is 0 Å². The number of rotatable bonds is 5. The number of ether oxygens (including phenoxy) is 1. The number of carbonyl (C=O) groups excluding carboxylic acids is 2. The fourth-order valence-corrected chi connectivity index (χ4v) is 2.98. The van der Waals surface area contributed by atoms with E-state index in [0.717, 1.165) is 18.6 Å². The Balaban J connectivity index is 2.04. The number of carbonyl (C=O) groups is 2. The SMILES string of the molecule is C=CC(C)(CC)C(=O)N1CCCN(C(=O)c2ccc(OC)cc2)CC1. The van der Waals surface area contributed by atoms with E-state index in [1.165, 1.54) is 0 Å². The Labute approximate surface area is 150 Å². The second-order valence-corrected chi connectivity index (χ2v) is 6.64. The van der Waals surface area contributed by atoms with Crippen molar-refractivity contribution in [1.82, 2.24) is 9.80 Å². The molecule has 0 radical (unpaired) electrons. The molecule has 1 unspecified atom stereocenters. The number of hydrogen-bond donors (Lipinski definition) is 0. The van der Waals surface area contributed by atoms with Gasteiger partial charge in [0.2, 0.25) is 5.91 Å². The van der Waals surface area contributed by atoms with Crippen LogP contribution in [-0.4, -0.2) is 54.9 Å². The van der Waals surface area contributed by atoms with Gasteiger partial charge >= 0.3 is 0 Å². The molecule has 25 heavy (non-hydrogen) atoms. The lowest BCUT2D eigenvalue weighted by atomic mass is 9.86. The zero-order chi connectivity index (χ0) is 18.4. The van der Waals surface area contributed by atoms with Gasteiger partial charge < -0.3 is 14.5 Å². The van der Waals surface area contributed by atoms with E-state index in [0.29, 0.717) is 31.7 Å². The van der Waals surface area contributed by atoms with Gasteiger partial charge in [-0.25, -0.2) is 0 Å². The molecule has 1 aromatic carbocycles. The second kappa shape index (κ2) is 8.19. The number of hydrogen-bond acceptors (Lipinski definition) is 3. The molecule has 0 spiro atoms. The Morgan fingerprint density at radius 2 is 1.76 bits per heavy atom. The summed E-state index contributed by atoms with van der Waals surface area (Å²) in [6.45, 7) is 10.2. The van der Waals surface area contributed by atoms with Crippen molar-refractivity contribution < 1.29 is 14.3 Å². The zero-order valence-corrected chi connectivity index (χ0v) is 15.5. The number of methoxy groups -OCH3 is 1. The summed E-state index contributed by atoms with van der Waals surface area (Å²) in [5.74, 6) is 0.829. The predicted molar refractivity (Wildman–Crippen MR) is 98.7 cm³/mol. The van der Waals surface area contributed by atoms with Gasteiger partial charge in [0.25, 0.3) is 5.91 Å². The van der Waals surface area contributed by atoms with Crippen molar-refractivity contribution in [2.24, 2.45) is 5.41 Å². The number of amides is 2. The molecule has 1 aromatic rings. The Bertz CT molecular complexity index is 626. The molecule has 0 aromatic heterocycles. The molecule has 1 aliphatic heterocycles. The fourth-order valence-electron chi connectivity index (χ4n) is 2.98. The molecule has 1 heterocycles. The molecule has 2 amide bonds. The normalized spacial score (nSPS) is 17.4. The van der Waals surface area contributed by atoms with E-state index in [2.05, 4.69) is 6.58 Å². The molecule has 5 nitrogen and oxygen atoms in total. The maximum atomic E-state index is 12.8. The number of nitrogens with zero attached hydrogens (tertiary/aromatic N) is 2. The van der Waals surface area contributed by atoms with Crippen molar-refractivity contribution in [3.8, 4) is 5.75 Å². The van der Waals surface area contributed by atoms with Gasteiger partial charge in [-0.2, -0.15) is 0 Å². The average Bonchev–Trinajstić information content (AvgIpc) is 2.92. The molecule has 1 aliphatic rings. The maximum Gasteiger partial charge on any atom is 0.253 e. The van der Waals surface area contributed by atoms with Crippen LogP contribution in [0.1, 0.15) is 37.0 Å². The van der Waals surface area contributed by atoms with Crippen LogP contribution in [-0.2, 0) is 4.79 Å². The quantitative estimate of drug-likeness (QED) is 0.772. The molecule has 2 rings (SSSR count). The van der Waals surface area contributed by atoms with Gasteiger partial charge in [-0.1, -0.05) is 13.0 Å². The van der Waals surface area contributed by atoms with E-state index in [1.54, 1.807) is 37.5 Å². The first-order valence-electron chi connectivity index (χ1n) is 8.81. The zero-order valence-electron chi connectivity index (χ0n) is 15.5. The van der Waals surface area contributed by atoms with Crippen molar-refractivity contribution in [3.63, 3.8) is 0 Å². The average molecular weight is 344 g/mol. The number of benzene rings is 1. The van der Waals surface area contributed by atoms with Crippen LogP contribution in [0.3, 0.4) is 0 Å². The summed E-state index contributed by atoms with van der Waals surface area (Å²) in [4.78, 5) is 29.2.